The molecule has 0 N–H and O–H groups in total. The van der Waals surface area contributed by atoms with E-state index in [0.29, 0.717) is 0 Å². The highest BCUT2D eigenvalue weighted by Gasteiger charge is 1.91. The molecule has 0 saturated heterocycles. The third kappa shape index (κ3) is 6.94. The van der Waals surface area contributed by atoms with Gasteiger partial charge in [-0.05, 0) is 38.2 Å². The van der Waals surface area contributed by atoms with Crippen molar-refractivity contribution >= 4 is 0 Å². The molecule has 0 aromatic carbocycles. The summed E-state index contributed by atoms with van der Waals surface area (Å²) >= 11 is 0. The van der Waals surface area contributed by atoms with Crippen molar-refractivity contribution in [3.05, 3.63) is 24.3 Å². The van der Waals surface area contributed by atoms with Crippen LogP contribution < -0.4 is 0 Å². The van der Waals surface area contributed by atoms with Crippen molar-refractivity contribution in [2.75, 3.05) is 0 Å². The number of hydrogen-bond donors (Lipinski definition) is 0. The van der Waals surface area contributed by atoms with E-state index < -0.39 is 0 Å². The van der Waals surface area contributed by atoms with Crippen molar-refractivity contribution in [3.8, 4) is 0 Å². The average molecular weight is 191 g/mol. The lowest BCUT2D eigenvalue weighted by molar-refractivity contribution is 0.581. The quantitative estimate of drug-likeness (QED) is 0.482. The van der Waals surface area contributed by atoms with E-state index in [1.54, 1.807) is 0 Å². The second kappa shape index (κ2) is 9.05. The van der Waals surface area contributed by atoms with Crippen LogP contribution >= 0.6 is 0 Å². The first kappa shape index (κ1) is 11.6. The summed E-state index contributed by atoms with van der Waals surface area (Å²) in [6, 6.07) is 0. The van der Waals surface area contributed by atoms with E-state index in [1.807, 2.05) is 0 Å². The minimum absolute atomic E-state index is 1.08. The maximum absolute atomic E-state index is 3.36. The van der Waals surface area contributed by atoms with E-state index in [-0.39, 0.29) is 0 Å². The molecule has 0 unspecified atom stereocenters. The van der Waals surface area contributed by atoms with Gasteiger partial charge in [0.1, 0.15) is 0 Å². The van der Waals surface area contributed by atoms with E-state index in [0.717, 1.165) is 12.8 Å². The van der Waals surface area contributed by atoms with Crippen LogP contribution in [-0.2, 0) is 0 Å². The van der Waals surface area contributed by atoms with Crippen LogP contribution in [0.25, 0.3) is 0 Å². The van der Waals surface area contributed by atoms with Crippen LogP contribution in [0.2, 0.25) is 0 Å². The zero-order chi connectivity index (χ0) is 9.90. The molecule has 1 aliphatic rings. The van der Waals surface area contributed by atoms with Crippen LogP contribution in [0, 0.1) is 6.08 Å². The summed E-state index contributed by atoms with van der Waals surface area (Å²) in [5.74, 6) is 0. The lowest BCUT2D eigenvalue weighted by Gasteiger charge is -2.00. The Labute approximate surface area is 89.1 Å². The van der Waals surface area contributed by atoms with Crippen molar-refractivity contribution in [1.82, 2.24) is 0 Å². The molecule has 0 aliphatic heterocycles. The molecule has 0 aromatic rings. The van der Waals surface area contributed by atoms with Crippen molar-refractivity contribution in [1.29, 1.82) is 0 Å². The summed E-state index contributed by atoms with van der Waals surface area (Å²) in [5, 5.41) is 0. The maximum atomic E-state index is 3.36. The van der Waals surface area contributed by atoms with Crippen molar-refractivity contribution in [2.24, 2.45) is 0 Å². The summed E-state index contributed by atoms with van der Waals surface area (Å²) in [4.78, 5) is 0. The number of hydrogen-bond acceptors (Lipinski definition) is 0. The normalized spacial score (nSPS) is 26.3. The van der Waals surface area contributed by atoms with Gasteiger partial charge in [0.05, 0.1) is 0 Å². The second-order valence-electron chi connectivity index (χ2n) is 4.13. The van der Waals surface area contributed by atoms with Crippen LogP contribution in [0.5, 0.6) is 0 Å². The highest BCUT2D eigenvalue weighted by molar-refractivity contribution is 4.89. The highest BCUT2D eigenvalue weighted by Crippen LogP contribution is 2.10. The van der Waals surface area contributed by atoms with Gasteiger partial charge in [-0.15, -0.1) is 0 Å². The zero-order valence-electron chi connectivity index (χ0n) is 9.30. The number of allylic oxidation sites excluding steroid dienone is 4. The summed E-state index contributed by atoms with van der Waals surface area (Å²) in [5.41, 5.74) is 0. The Hall–Kier alpha value is -0.520. The molecule has 0 amide bonds. The van der Waals surface area contributed by atoms with Gasteiger partial charge < -0.3 is 0 Å². The molecule has 0 nitrogen and oxygen atoms in total. The Morgan fingerprint density at radius 2 is 1.43 bits per heavy atom. The summed E-state index contributed by atoms with van der Waals surface area (Å²) in [6.07, 6.45) is 23.5. The Morgan fingerprint density at radius 3 is 2.29 bits per heavy atom. The fourth-order valence-corrected chi connectivity index (χ4v) is 1.84. The van der Waals surface area contributed by atoms with Crippen LogP contribution in [0.1, 0.15) is 64.2 Å². The molecule has 0 aromatic heterocycles. The number of rotatable bonds is 0. The van der Waals surface area contributed by atoms with E-state index >= 15 is 0 Å². The molecule has 0 bridgehead atoms. The summed E-state index contributed by atoms with van der Waals surface area (Å²) in [6.45, 7) is 0. The van der Waals surface area contributed by atoms with E-state index in [4.69, 9.17) is 0 Å². The van der Waals surface area contributed by atoms with Crippen LogP contribution in [-0.4, -0.2) is 0 Å². The molecule has 0 saturated carbocycles. The highest BCUT2D eigenvalue weighted by atomic mass is 14.0. The topological polar surface area (TPSA) is 0 Å². The zero-order valence-corrected chi connectivity index (χ0v) is 9.30. The first-order valence-corrected chi connectivity index (χ1v) is 6.20. The van der Waals surface area contributed by atoms with Crippen molar-refractivity contribution in [2.45, 2.75) is 64.2 Å². The van der Waals surface area contributed by atoms with Gasteiger partial charge in [-0.3, -0.25) is 0 Å². The van der Waals surface area contributed by atoms with Crippen LogP contribution in [0.4, 0.5) is 0 Å². The molecule has 0 heteroatoms. The minimum atomic E-state index is 1.08. The van der Waals surface area contributed by atoms with Gasteiger partial charge >= 0.3 is 0 Å². The Morgan fingerprint density at radius 1 is 0.714 bits per heavy atom. The van der Waals surface area contributed by atoms with Gasteiger partial charge in [0, 0.05) is 0 Å². The fraction of sp³-hybridized carbons (Fsp3) is 0.714. The SMILES string of the molecule is [C]1=C/C/C=C\CCCCCCCCC/1. The minimum Gasteiger partial charge on any atom is -0.0882 e. The molecule has 79 valence electrons. The fourth-order valence-electron chi connectivity index (χ4n) is 1.84. The molecule has 0 atom stereocenters. The monoisotopic (exact) mass is 191 g/mol. The first-order valence-electron chi connectivity index (χ1n) is 6.20. The smallest absolute Gasteiger partial charge is 0.0163 e. The standard InChI is InChI=1S/C14H23/c1-2-4-6-8-10-12-14-13-11-9-7-5-3-1/h1-2,5H,3-4,6,8-14H2/b2-1-,7-5?. The van der Waals surface area contributed by atoms with Gasteiger partial charge in [0.15, 0.2) is 0 Å². The van der Waals surface area contributed by atoms with Gasteiger partial charge in [-0.2, -0.15) is 0 Å². The van der Waals surface area contributed by atoms with Crippen molar-refractivity contribution in [3.63, 3.8) is 0 Å². The molecule has 14 heavy (non-hydrogen) atoms. The van der Waals surface area contributed by atoms with E-state index in [2.05, 4.69) is 24.3 Å². The molecule has 1 aliphatic carbocycles. The largest absolute Gasteiger partial charge is 0.0882 e. The molecular formula is C14H23. The Bertz CT molecular complexity index is 147. The molecular weight excluding hydrogens is 168 g/mol. The molecule has 0 heterocycles. The van der Waals surface area contributed by atoms with Gasteiger partial charge in [-0.25, -0.2) is 0 Å². The molecule has 1 radical (unpaired) electrons. The molecule has 0 spiro atoms. The van der Waals surface area contributed by atoms with Crippen LogP contribution in [0.15, 0.2) is 18.2 Å². The molecule has 1 rings (SSSR count). The van der Waals surface area contributed by atoms with Crippen molar-refractivity contribution < 1.29 is 0 Å². The second-order valence-corrected chi connectivity index (χ2v) is 4.13. The van der Waals surface area contributed by atoms with Crippen LogP contribution in [0.3, 0.4) is 0 Å². The van der Waals surface area contributed by atoms with Gasteiger partial charge in [0.25, 0.3) is 0 Å². The van der Waals surface area contributed by atoms with Gasteiger partial charge in [0.2, 0.25) is 0 Å². The van der Waals surface area contributed by atoms with E-state index in [9.17, 15) is 0 Å². The summed E-state index contributed by atoms with van der Waals surface area (Å²) in [7, 11) is 0. The lowest BCUT2D eigenvalue weighted by atomic mass is 10.1. The summed E-state index contributed by atoms with van der Waals surface area (Å²) < 4.78 is 0. The third-order valence-corrected chi connectivity index (χ3v) is 2.76. The maximum Gasteiger partial charge on any atom is -0.0163 e. The predicted octanol–water partition coefficient (Wildman–Crippen LogP) is 4.82. The Balaban J connectivity index is 2.17. The molecule has 0 fully saturated rings. The predicted molar refractivity (Wildman–Crippen MR) is 63.1 cm³/mol. The first-order chi connectivity index (χ1) is 7.00. The Kier molecular flexibility index (Phi) is 7.47. The van der Waals surface area contributed by atoms with E-state index in [1.165, 1.54) is 51.4 Å². The average Bonchev–Trinajstić information content (AvgIpc) is 2.22. The van der Waals surface area contributed by atoms with Gasteiger partial charge in [-0.1, -0.05) is 50.3 Å². The lowest BCUT2D eigenvalue weighted by Crippen LogP contribution is -1.81. The third-order valence-electron chi connectivity index (χ3n) is 2.76.